The Morgan fingerprint density at radius 1 is 1.44 bits per heavy atom. The van der Waals surface area contributed by atoms with Crippen molar-refractivity contribution in [3.05, 3.63) is 28.2 Å². The monoisotopic (exact) mass is 328 g/mol. The molecular formula is C14H21BrN2S. The van der Waals surface area contributed by atoms with Crippen LogP contribution in [0, 0.1) is 0 Å². The lowest BCUT2D eigenvalue weighted by Crippen LogP contribution is -2.15. The van der Waals surface area contributed by atoms with Crippen molar-refractivity contribution in [2.75, 3.05) is 5.32 Å². The second-order valence-corrected chi connectivity index (χ2v) is 5.89. The lowest BCUT2D eigenvalue weighted by atomic mass is 10.1. The molecule has 1 rings (SSSR count). The summed E-state index contributed by atoms with van der Waals surface area (Å²) in [6.45, 7) is 4.44. The summed E-state index contributed by atoms with van der Waals surface area (Å²) in [7, 11) is 0. The van der Waals surface area contributed by atoms with Crippen molar-refractivity contribution in [3.63, 3.8) is 0 Å². The second kappa shape index (κ2) is 7.74. The average molecular weight is 329 g/mol. The fourth-order valence-electron chi connectivity index (χ4n) is 1.86. The summed E-state index contributed by atoms with van der Waals surface area (Å²) in [5, 5.41) is 3.49. The summed E-state index contributed by atoms with van der Waals surface area (Å²) in [5.41, 5.74) is 7.61. The average Bonchev–Trinajstić information content (AvgIpc) is 2.28. The van der Waals surface area contributed by atoms with E-state index in [4.69, 9.17) is 18.0 Å². The first-order valence-corrected chi connectivity index (χ1v) is 7.60. The molecule has 1 atom stereocenters. The van der Waals surface area contributed by atoms with Crippen molar-refractivity contribution < 1.29 is 0 Å². The molecule has 2 nitrogen and oxygen atoms in total. The Labute approximate surface area is 123 Å². The molecule has 100 valence electrons. The van der Waals surface area contributed by atoms with Gasteiger partial charge in [0.2, 0.25) is 0 Å². The molecule has 0 aliphatic carbocycles. The predicted molar refractivity (Wildman–Crippen MR) is 87.3 cm³/mol. The Hall–Kier alpha value is -0.610. The molecule has 0 aromatic heterocycles. The standard InChI is InChI=1S/C14H21BrN2S/c1-3-4-5-6-10(2)17-11-7-8-12(14(16)18)13(15)9-11/h7-10,17H,3-6H2,1-2H3,(H2,16,18). The number of benzene rings is 1. The molecule has 0 radical (unpaired) electrons. The van der Waals surface area contributed by atoms with Crippen LogP contribution in [-0.2, 0) is 0 Å². The molecule has 3 N–H and O–H groups in total. The number of anilines is 1. The lowest BCUT2D eigenvalue weighted by Gasteiger charge is -2.16. The van der Waals surface area contributed by atoms with Crippen LogP contribution in [0.2, 0.25) is 0 Å². The van der Waals surface area contributed by atoms with Gasteiger partial charge in [0.25, 0.3) is 0 Å². The smallest absolute Gasteiger partial charge is 0.105 e. The Kier molecular flexibility index (Phi) is 6.65. The van der Waals surface area contributed by atoms with E-state index in [2.05, 4.69) is 35.1 Å². The zero-order chi connectivity index (χ0) is 13.5. The molecule has 0 saturated carbocycles. The first-order chi connectivity index (χ1) is 8.54. The number of unbranched alkanes of at least 4 members (excludes halogenated alkanes) is 2. The van der Waals surface area contributed by atoms with E-state index in [1.165, 1.54) is 25.7 Å². The van der Waals surface area contributed by atoms with Gasteiger partial charge in [-0.1, -0.05) is 38.4 Å². The molecule has 0 heterocycles. The molecule has 0 aliphatic heterocycles. The van der Waals surface area contributed by atoms with Crippen LogP contribution in [0.5, 0.6) is 0 Å². The highest BCUT2D eigenvalue weighted by Crippen LogP contribution is 2.22. The maximum atomic E-state index is 5.63. The highest BCUT2D eigenvalue weighted by Gasteiger charge is 2.06. The highest BCUT2D eigenvalue weighted by atomic mass is 79.9. The molecule has 0 spiro atoms. The van der Waals surface area contributed by atoms with E-state index in [1.807, 2.05) is 18.2 Å². The van der Waals surface area contributed by atoms with E-state index in [9.17, 15) is 0 Å². The number of nitrogens with one attached hydrogen (secondary N) is 1. The van der Waals surface area contributed by atoms with Crippen molar-refractivity contribution in [2.45, 2.75) is 45.6 Å². The maximum Gasteiger partial charge on any atom is 0.105 e. The van der Waals surface area contributed by atoms with Crippen molar-refractivity contribution in [1.29, 1.82) is 0 Å². The topological polar surface area (TPSA) is 38.0 Å². The van der Waals surface area contributed by atoms with Gasteiger partial charge in [-0.25, -0.2) is 0 Å². The van der Waals surface area contributed by atoms with Gasteiger partial charge in [0, 0.05) is 21.8 Å². The molecule has 18 heavy (non-hydrogen) atoms. The zero-order valence-corrected chi connectivity index (χ0v) is 13.4. The van der Waals surface area contributed by atoms with Crippen molar-refractivity contribution in [3.8, 4) is 0 Å². The van der Waals surface area contributed by atoms with Crippen molar-refractivity contribution >= 4 is 38.8 Å². The van der Waals surface area contributed by atoms with Crippen molar-refractivity contribution in [1.82, 2.24) is 0 Å². The van der Waals surface area contributed by atoms with Gasteiger partial charge in [-0.3, -0.25) is 0 Å². The van der Waals surface area contributed by atoms with Crippen LogP contribution in [-0.4, -0.2) is 11.0 Å². The van der Waals surface area contributed by atoms with Crippen LogP contribution >= 0.6 is 28.1 Å². The van der Waals surface area contributed by atoms with Crippen LogP contribution in [0.4, 0.5) is 5.69 Å². The lowest BCUT2D eigenvalue weighted by molar-refractivity contribution is 0.615. The first-order valence-electron chi connectivity index (χ1n) is 6.40. The Morgan fingerprint density at radius 3 is 2.72 bits per heavy atom. The molecule has 0 aliphatic rings. The minimum absolute atomic E-state index is 0.421. The number of nitrogens with two attached hydrogens (primary N) is 1. The Morgan fingerprint density at radius 2 is 2.17 bits per heavy atom. The highest BCUT2D eigenvalue weighted by molar-refractivity contribution is 9.10. The number of hydrogen-bond donors (Lipinski definition) is 2. The third kappa shape index (κ3) is 4.94. The number of hydrogen-bond acceptors (Lipinski definition) is 2. The normalized spacial score (nSPS) is 12.2. The van der Waals surface area contributed by atoms with Gasteiger partial charge >= 0.3 is 0 Å². The Bertz CT molecular complexity index is 407. The summed E-state index contributed by atoms with van der Waals surface area (Å²) in [6, 6.07) is 6.49. The molecule has 1 aromatic carbocycles. The van der Waals surface area contributed by atoms with Crippen LogP contribution in [0.1, 0.15) is 45.1 Å². The summed E-state index contributed by atoms with van der Waals surface area (Å²) in [6.07, 6.45) is 5.04. The molecule has 0 fully saturated rings. The third-order valence-corrected chi connectivity index (χ3v) is 3.76. The molecule has 0 amide bonds. The van der Waals surface area contributed by atoms with Gasteiger partial charge in [0.15, 0.2) is 0 Å². The summed E-state index contributed by atoms with van der Waals surface area (Å²) in [5.74, 6) is 0. The van der Waals surface area contributed by atoms with Crippen LogP contribution in [0.15, 0.2) is 22.7 Å². The molecular weight excluding hydrogens is 308 g/mol. The number of rotatable bonds is 7. The van der Waals surface area contributed by atoms with Crippen LogP contribution < -0.4 is 11.1 Å². The van der Waals surface area contributed by atoms with E-state index >= 15 is 0 Å². The molecule has 1 unspecified atom stereocenters. The summed E-state index contributed by atoms with van der Waals surface area (Å²) in [4.78, 5) is 0.421. The SMILES string of the molecule is CCCCCC(C)Nc1ccc(C(N)=S)c(Br)c1. The minimum atomic E-state index is 0.421. The van der Waals surface area contributed by atoms with E-state index < -0.39 is 0 Å². The van der Waals surface area contributed by atoms with Crippen molar-refractivity contribution in [2.24, 2.45) is 5.73 Å². The van der Waals surface area contributed by atoms with E-state index in [0.29, 0.717) is 11.0 Å². The predicted octanol–water partition coefficient (Wildman–Crippen LogP) is 4.46. The van der Waals surface area contributed by atoms with Crippen LogP contribution in [0.25, 0.3) is 0 Å². The van der Waals surface area contributed by atoms with Gasteiger partial charge in [0.05, 0.1) is 0 Å². The van der Waals surface area contributed by atoms with E-state index in [-0.39, 0.29) is 0 Å². The maximum absolute atomic E-state index is 5.63. The third-order valence-electron chi connectivity index (χ3n) is 2.89. The summed E-state index contributed by atoms with van der Waals surface area (Å²) >= 11 is 8.47. The van der Waals surface area contributed by atoms with Gasteiger partial charge in [0.1, 0.15) is 4.99 Å². The van der Waals surface area contributed by atoms with Gasteiger partial charge in [-0.15, -0.1) is 0 Å². The second-order valence-electron chi connectivity index (χ2n) is 4.60. The van der Waals surface area contributed by atoms with E-state index in [1.54, 1.807) is 0 Å². The molecule has 0 saturated heterocycles. The van der Waals surface area contributed by atoms with Gasteiger partial charge in [-0.2, -0.15) is 0 Å². The number of halogens is 1. The number of thiocarbonyl (C=S) groups is 1. The quantitative estimate of drug-likeness (QED) is 0.573. The first kappa shape index (κ1) is 15.4. The largest absolute Gasteiger partial charge is 0.389 e. The fourth-order valence-corrected chi connectivity index (χ4v) is 2.76. The fraction of sp³-hybridized carbons (Fsp3) is 0.500. The molecule has 1 aromatic rings. The molecule has 4 heteroatoms. The van der Waals surface area contributed by atoms with Gasteiger partial charge < -0.3 is 11.1 Å². The molecule has 0 bridgehead atoms. The minimum Gasteiger partial charge on any atom is -0.389 e. The zero-order valence-electron chi connectivity index (χ0n) is 11.0. The summed E-state index contributed by atoms with van der Waals surface area (Å²) < 4.78 is 0.945. The van der Waals surface area contributed by atoms with Gasteiger partial charge in [-0.05, 0) is 47.5 Å². The van der Waals surface area contributed by atoms with Crippen LogP contribution in [0.3, 0.4) is 0 Å². The Balaban J connectivity index is 2.57. The van der Waals surface area contributed by atoms with E-state index in [0.717, 1.165) is 15.7 Å².